The van der Waals surface area contributed by atoms with Gasteiger partial charge in [-0.25, -0.2) is 0 Å². The zero-order chi connectivity index (χ0) is 18.3. The summed E-state index contributed by atoms with van der Waals surface area (Å²) < 4.78 is 5.06. The summed E-state index contributed by atoms with van der Waals surface area (Å²) in [6.45, 7) is 5.27. The van der Waals surface area contributed by atoms with Crippen molar-refractivity contribution in [2.75, 3.05) is 20.3 Å². The van der Waals surface area contributed by atoms with Gasteiger partial charge < -0.3 is 14.9 Å². The fourth-order valence-electron chi connectivity index (χ4n) is 2.43. The van der Waals surface area contributed by atoms with Crippen LogP contribution in [0.15, 0.2) is 28.6 Å². The van der Waals surface area contributed by atoms with Crippen LogP contribution in [0.25, 0.3) is 0 Å². The molecule has 0 aromatic rings. The van der Waals surface area contributed by atoms with Crippen LogP contribution in [0.2, 0.25) is 0 Å². The number of carbonyl (C=O) groups excluding carboxylic acids is 1. The summed E-state index contributed by atoms with van der Waals surface area (Å²) in [5, 5.41) is 20.6. The van der Waals surface area contributed by atoms with E-state index in [1.807, 2.05) is 13.8 Å². The number of nitrogens with one attached hydrogen (secondary N) is 1. The third-order valence-electron chi connectivity index (χ3n) is 3.90. The number of methoxy groups -OCH3 is 1. The predicted molar refractivity (Wildman–Crippen MR) is 90.8 cm³/mol. The number of aliphatic hydroxyl groups is 1. The minimum absolute atomic E-state index is 0.0457. The molecule has 0 aliphatic carbocycles. The molecule has 3 N–H and O–H groups in total. The Morgan fingerprint density at radius 2 is 2.12 bits per heavy atom. The Kier molecular flexibility index (Phi) is 7.31. The summed E-state index contributed by atoms with van der Waals surface area (Å²) >= 11 is 0. The number of carbonyl (C=O) groups is 2. The van der Waals surface area contributed by atoms with Crippen LogP contribution in [0.3, 0.4) is 0 Å². The number of aliphatic imine (C=N–C) groups is 1. The average Bonchev–Trinajstić information content (AvgIpc) is 2.85. The fraction of sp³-hybridized carbons (Fsp3) is 0.588. The number of hydrogen-bond acceptors (Lipinski definition) is 6. The molecular weight excluding hydrogens is 312 g/mol. The molecule has 1 unspecified atom stereocenters. The molecule has 0 aromatic carbocycles. The van der Waals surface area contributed by atoms with Crippen LogP contribution in [0.4, 0.5) is 0 Å². The van der Waals surface area contributed by atoms with Crippen molar-refractivity contribution >= 4 is 17.5 Å². The lowest BCUT2D eigenvalue weighted by Crippen LogP contribution is -2.43. The Bertz CT molecular complexity index is 576. The molecule has 1 heterocycles. The van der Waals surface area contributed by atoms with Crippen LogP contribution in [-0.2, 0) is 14.3 Å². The zero-order valence-electron chi connectivity index (χ0n) is 14.6. The first-order chi connectivity index (χ1) is 11.2. The maximum atomic E-state index is 12.7. The van der Waals surface area contributed by atoms with Gasteiger partial charge in [-0.3, -0.25) is 19.9 Å². The summed E-state index contributed by atoms with van der Waals surface area (Å²) in [5.74, 6) is -0.622. The van der Waals surface area contributed by atoms with Gasteiger partial charge in [-0.2, -0.15) is 0 Å². The van der Waals surface area contributed by atoms with Gasteiger partial charge in [-0.05, 0) is 31.9 Å². The molecule has 0 radical (unpaired) electrons. The van der Waals surface area contributed by atoms with Gasteiger partial charge in [0.2, 0.25) is 5.78 Å². The molecule has 134 valence electrons. The average molecular weight is 338 g/mol. The highest BCUT2D eigenvalue weighted by atomic mass is 16.5. The molecule has 24 heavy (non-hydrogen) atoms. The summed E-state index contributed by atoms with van der Waals surface area (Å²) in [4.78, 5) is 28.0. The van der Waals surface area contributed by atoms with Crippen LogP contribution in [0, 0.1) is 5.41 Å². The van der Waals surface area contributed by atoms with Gasteiger partial charge in [-0.1, -0.05) is 13.8 Å². The van der Waals surface area contributed by atoms with Crippen molar-refractivity contribution in [3.8, 4) is 0 Å². The highest BCUT2D eigenvalue weighted by molar-refractivity contribution is 6.46. The van der Waals surface area contributed by atoms with E-state index in [9.17, 15) is 9.59 Å². The fourth-order valence-corrected chi connectivity index (χ4v) is 2.43. The Hall–Kier alpha value is -1.99. The van der Waals surface area contributed by atoms with Crippen LogP contribution < -0.4 is 5.32 Å². The Morgan fingerprint density at radius 1 is 1.46 bits per heavy atom. The SMILES string of the molecule is CO/C(C)=C/C=C1/N=C(C(C)(C)CCCO)C(=O)C1NCC(=O)O. The van der Waals surface area contributed by atoms with Crippen molar-refractivity contribution in [1.29, 1.82) is 0 Å². The molecule has 0 spiro atoms. The van der Waals surface area contributed by atoms with Gasteiger partial charge in [0.1, 0.15) is 6.04 Å². The number of ether oxygens (including phenoxy) is 1. The summed E-state index contributed by atoms with van der Waals surface area (Å²) in [6, 6.07) is -0.787. The summed E-state index contributed by atoms with van der Waals surface area (Å²) in [5.41, 5.74) is 0.358. The molecule has 1 aliphatic heterocycles. The standard InChI is InChI=1S/C17H26N2O5/c1-11(24-4)6-7-12-14(18-10-13(21)22)15(23)16(19-12)17(2,3)8-5-9-20/h6-7,14,18,20H,5,8-10H2,1-4H3,(H,21,22)/b11-6+,12-7+. The van der Waals surface area contributed by atoms with E-state index in [1.54, 1.807) is 19.1 Å². The Morgan fingerprint density at radius 3 is 2.67 bits per heavy atom. The molecular formula is C17H26N2O5. The predicted octanol–water partition coefficient (Wildman–Crippen LogP) is 1.29. The molecule has 0 aromatic heterocycles. The number of Topliss-reactive ketones (excluding diaryl/α,β-unsaturated/α-hetero) is 1. The molecule has 1 rings (SSSR count). The lowest BCUT2D eigenvalue weighted by Gasteiger charge is -2.23. The molecule has 0 amide bonds. The highest BCUT2D eigenvalue weighted by Crippen LogP contribution is 2.31. The minimum Gasteiger partial charge on any atom is -0.501 e. The van der Waals surface area contributed by atoms with Gasteiger partial charge in [0.25, 0.3) is 0 Å². The maximum Gasteiger partial charge on any atom is 0.317 e. The zero-order valence-corrected chi connectivity index (χ0v) is 14.6. The van der Waals surface area contributed by atoms with Gasteiger partial charge in [-0.15, -0.1) is 0 Å². The number of ketones is 1. The van der Waals surface area contributed by atoms with Crippen molar-refractivity contribution in [3.63, 3.8) is 0 Å². The number of carboxylic acid groups (broad SMARTS) is 1. The van der Waals surface area contributed by atoms with E-state index < -0.39 is 17.4 Å². The van der Waals surface area contributed by atoms with Crippen LogP contribution in [0.1, 0.15) is 33.6 Å². The summed E-state index contributed by atoms with van der Waals surface area (Å²) in [6.07, 6.45) is 4.52. The van der Waals surface area contributed by atoms with Crippen LogP contribution in [0.5, 0.6) is 0 Å². The van der Waals surface area contributed by atoms with Crippen LogP contribution in [-0.4, -0.2) is 54.0 Å². The molecule has 1 aliphatic rings. The Balaban J connectivity index is 3.13. The third kappa shape index (κ3) is 5.28. The van der Waals surface area contributed by atoms with E-state index in [-0.39, 0.29) is 18.9 Å². The maximum absolute atomic E-state index is 12.7. The second kappa shape index (κ2) is 8.75. The van der Waals surface area contributed by atoms with E-state index in [4.69, 9.17) is 14.9 Å². The lowest BCUT2D eigenvalue weighted by molar-refractivity contribution is -0.136. The van der Waals surface area contributed by atoms with Gasteiger partial charge in [0, 0.05) is 12.0 Å². The first kappa shape index (κ1) is 20.1. The number of hydrogen-bond donors (Lipinski definition) is 3. The topological polar surface area (TPSA) is 108 Å². The van der Waals surface area contributed by atoms with Crippen molar-refractivity contribution in [1.82, 2.24) is 5.32 Å². The molecule has 0 bridgehead atoms. The minimum atomic E-state index is -1.04. The van der Waals surface area contributed by atoms with Gasteiger partial charge in [0.05, 0.1) is 30.8 Å². The molecule has 7 heteroatoms. The van der Waals surface area contributed by atoms with Gasteiger partial charge >= 0.3 is 5.97 Å². The molecule has 1 atom stereocenters. The molecule has 0 fully saturated rings. The van der Waals surface area contributed by atoms with Crippen LogP contribution >= 0.6 is 0 Å². The van der Waals surface area contributed by atoms with Crippen molar-refractivity contribution < 1.29 is 24.5 Å². The van der Waals surface area contributed by atoms with Crippen molar-refractivity contribution in [3.05, 3.63) is 23.6 Å². The number of rotatable bonds is 9. The number of carboxylic acids is 1. The Labute approximate surface area is 142 Å². The van der Waals surface area contributed by atoms with E-state index in [0.29, 0.717) is 30.0 Å². The van der Waals surface area contributed by atoms with Crippen molar-refractivity contribution in [2.24, 2.45) is 10.4 Å². The summed E-state index contributed by atoms with van der Waals surface area (Å²) in [7, 11) is 1.54. The quantitative estimate of drug-likeness (QED) is 0.547. The van der Waals surface area contributed by atoms with E-state index in [0.717, 1.165) is 0 Å². The normalized spacial score (nSPS) is 20.5. The number of aliphatic carboxylic acids is 1. The first-order valence-electron chi connectivity index (χ1n) is 7.85. The lowest BCUT2D eigenvalue weighted by atomic mass is 9.80. The monoisotopic (exact) mass is 338 g/mol. The number of nitrogens with zero attached hydrogens (tertiary/aromatic N) is 1. The van der Waals surface area contributed by atoms with E-state index >= 15 is 0 Å². The third-order valence-corrected chi connectivity index (χ3v) is 3.90. The van der Waals surface area contributed by atoms with Crippen molar-refractivity contribution in [2.45, 2.75) is 39.7 Å². The smallest absolute Gasteiger partial charge is 0.317 e. The van der Waals surface area contributed by atoms with E-state index in [2.05, 4.69) is 10.3 Å². The van der Waals surface area contributed by atoms with Gasteiger partial charge in [0.15, 0.2) is 0 Å². The molecule has 7 nitrogen and oxygen atoms in total. The first-order valence-corrected chi connectivity index (χ1v) is 7.85. The second-order valence-electron chi connectivity index (χ2n) is 6.32. The largest absolute Gasteiger partial charge is 0.501 e. The second-order valence-corrected chi connectivity index (χ2v) is 6.32. The number of allylic oxidation sites excluding steroid dienone is 3. The molecule has 0 saturated heterocycles. The number of aliphatic hydroxyl groups excluding tert-OH is 1. The highest BCUT2D eigenvalue weighted by Gasteiger charge is 2.40. The van der Waals surface area contributed by atoms with E-state index in [1.165, 1.54) is 7.11 Å². The molecule has 0 saturated carbocycles.